The third kappa shape index (κ3) is 2.39. The fraction of sp³-hybridized carbons (Fsp3) is 1.00. The quantitative estimate of drug-likeness (QED) is 0.316. The van der Waals surface area contributed by atoms with Crippen LogP contribution in [0.1, 0.15) is 19.8 Å². The van der Waals surface area contributed by atoms with Gasteiger partial charge in [0.1, 0.15) is 0 Å². The molecule has 0 atom stereocenters. The van der Waals surface area contributed by atoms with E-state index in [-0.39, 0.29) is 6.42 Å². The second-order valence-corrected chi connectivity index (χ2v) is 1.78. The van der Waals surface area contributed by atoms with Gasteiger partial charge >= 0.3 is 5.91 Å². The smallest absolute Gasteiger partial charge is 0.307 e. The molecule has 0 aliphatic carbocycles. The first-order valence-electron chi connectivity index (χ1n) is 2.60. The summed E-state index contributed by atoms with van der Waals surface area (Å²) in [5, 5.41) is 26.6. The predicted molar refractivity (Wildman–Crippen MR) is 29.1 cm³/mol. The van der Waals surface area contributed by atoms with Crippen molar-refractivity contribution in [2.45, 2.75) is 25.7 Å². The maximum atomic E-state index is 9.72. The normalized spacial score (nSPS) is 11.4. The number of nitro groups is 1. The fourth-order valence-corrected chi connectivity index (χ4v) is 0.427. The second-order valence-electron chi connectivity index (χ2n) is 1.78. The summed E-state index contributed by atoms with van der Waals surface area (Å²) < 4.78 is 0. The molecule has 0 amide bonds. The molecule has 0 rings (SSSR count). The molecule has 0 radical (unpaired) electrons. The van der Waals surface area contributed by atoms with Crippen molar-refractivity contribution in [1.82, 2.24) is 0 Å². The van der Waals surface area contributed by atoms with Gasteiger partial charge in [-0.05, 0) is 6.42 Å². The monoisotopic (exact) mass is 135 g/mol. The van der Waals surface area contributed by atoms with Crippen molar-refractivity contribution in [2.24, 2.45) is 0 Å². The lowest BCUT2D eigenvalue weighted by Crippen LogP contribution is -2.37. The number of nitrogens with zero attached hydrogens (tertiary/aromatic N) is 1. The van der Waals surface area contributed by atoms with Gasteiger partial charge in [0.15, 0.2) is 0 Å². The molecule has 54 valence electrons. The van der Waals surface area contributed by atoms with Crippen LogP contribution >= 0.6 is 0 Å². The Balaban J connectivity index is 3.85. The van der Waals surface area contributed by atoms with Crippen molar-refractivity contribution < 1.29 is 15.1 Å². The van der Waals surface area contributed by atoms with Gasteiger partial charge in [0.05, 0.1) is 11.3 Å². The van der Waals surface area contributed by atoms with Gasteiger partial charge in [-0.15, -0.1) is 0 Å². The van der Waals surface area contributed by atoms with Crippen molar-refractivity contribution in [3.05, 3.63) is 10.1 Å². The van der Waals surface area contributed by atoms with E-state index < -0.39 is 10.8 Å². The van der Waals surface area contributed by atoms with E-state index in [1.165, 1.54) is 0 Å². The molecular weight excluding hydrogens is 126 g/mol. The first-order valence-corrected chi connectivity index (χ1v) is 2.60. The average Bonchev–Trinajstić information content (AvgIpc) is 1.65. The summed E-state index contributed by atoms with van der Waals surface area (Å²) in [5.74, 6) is -2.73. The molecule has 0 bridgehead atoms. The maximum absolute atomic E-state index is 9.72. The van der Waals surface area contributed by atoms with E-state index in [2.05, 4.69) is 0 Å². The van der Waals surface area contributed by atoms with Crippen LogP contribution in [-0.2, 0) is 0 Å². The topological polar surface area (TPSA) is 83.6 Å². The molecule has 5 heteroatoms. The molecule has 0 fully saturated rings. The van der Waals surface area contributed by atoms with Crippen molar-refractivity contribution >= 4 is 0 Å². The molecule has 5 nitrogen and oxygen atoms in total. The van der Waals surface area contributed by atoms with Gasteiger partial charge in [0.2, 0.25) is 0 Å². The van der Waals surface area contributed by atoms with E-state index in [1.807, 2.05) is 0 Å². The summed E-state index contributed by atoms with van der Waals surface area (Å²) in [4.78, 5) is 8.60. The number of rotatable bonds is 3. The molecule has 0 heterocycles. The highest BCUT2D eigenvalue weighted by Crippen LogP contribution is 2.07. The van der Waals surface area contributed by atoms with Crippen molar-refractivity contribution in [1.29, 1.82) is 0 Å². The lowest BCUT2D eigenvalue weighted by molar-refractivity contribution is -0.684. The minimum atomic E-state index is -2.73. The van der Waals surface area contributed by atoms with Gasteiger partial charge < -0.3 is 10.2 Å². The lowest BCUT2D eigenvalue weighted by atomic mass is 10.3. The van der Waals surface area contributed by atoms with E-state index in [9.17, 15) is 10.1 Å². The summed E-state index contributed by atoms with van der Waals surface area (Å²) in [6.45, 7) is 1.63. The van der Waals surface area contributed by atoms with Crippen molar-refractivity contribution in [3.63, 3.8) is 0 Å². The predicted octanol–water partition coefficient (Wildman–Crippen LogP) is -0.298. The first-order chi connectivity index (χ1) is 4.00. The van der Waals surface area contributed by atoms with Gasteiger partial charge in [-0.2, -0.15) is 0 Å². The highest BCUT2D eigenvalue weighted by atomic mass is 16.7. The fourth-order valence-electron chi connectivity index (χ4n) is 0.427. The Bertz CT molecular complexity index is 111. The van der Waals surface area contributed by atoms with Crippen LogP contribution < -0.4 is 0 Å². The highest BCUT2D eigenvalue weighted by molar-refractivity contribution is 4.45. The van der Waals surface area contributed by atoms with Crippen LogP contribution in [0, 0.1) is 10.1 Å². The summed E-state index contributed by atoms with van der Waals surface area (Å²) in [7, 11) is 0. The van der Waals surface area contributed by atoms with Gasteiger partial charge in [-0.25, -0.2) is 0 Å². The van der Waals surface area contributed by atoms with Crippen LogP contribution in [0.4, 0.5) is 0 Å². The molecule has 9 heavy (non-hydrogen) atoms. The zero-order valence-electron chi connectivity index (χ0n) is 5.07. The van der Waals surface area contributed by atoms with E-state index >= 15 is 0 Å². The molecule has 0 aliphatic heterocycles. The Kier molecular flexibility index (Phi) is 2.54. The van der Waals surface area contributed by atoms with Crippen LogP contribution in [-0.4, -0.2) is 21.0 Å². The summed E-state index contributed by atoms with van der Waals surface area (Å²) >= 11 is 0. The molecule has 0 saturated carbocycles. The Morgan fingerprint density at radius 2 is 2.11 bits per heavy atom. The Labute approximate surface area is 52.1 Å². The van der Waals surface area contributed by atoms with Crippen LogP contribution in [0.5, 0.6) is 0 Å². The minimum absolute atomic E-state index is 0.236. The van der Waals surface area contributed by atoms with E-state index in [1.54, 1.807) is 6.92 Å². The zero-order chi connectivity index (χ0) is 7.49. The molecule has 0 aromatic carbocycles. The van der Waals surface area contributed by atoms with Crippen LogP contribution in [0.3, 0.4) is 0 Å². The largest absolute Gasteiger partial charge is 0.437 e. The number of hydrogen-bond donors (Lipinski definition) is 2. The highest BCUT2D eigenvalue weighted by Gasteiger charge is 2.35. The molecule has 0 unspecified atom stereocenters. The summed E-state index contributed by atoms with van der Waals surface area (Å²) in [6, 6.07) is 0. The minimum Gasteiger partial charge on any atom is -0.307 e. The molecule has 0 aliphatic rings. The lowest BCUT2D eigenvalue weighted by Gasteiger charge is -2.09. The Morgan fingerprint density at radius 3 is 2.22 bits per heavy atom. The van der Waals surface area contributed by atoms with E-state index in [4.69, 9.17) is 10.2 Å². The third-order valence-electron chi connectivity index (χ3n) is 0.878. The molecular formula is C4H9NO4. The summed E-state index contributed by atoms with van der Waals surface area (Å²) in [6.07, 6.45) is 0.133. The van der Waals surface area contributed by atoms with Crippen LogP contribution in [0.25, 0.3) is 0 Å². The van der Waals surface area contributed by atoms with Gasteiger partial charge in [0.25, 0.3) is 0 Å². The summed E-state index contributed by atoms with van der Waals surface area (Å²) in [5.41, 5.74) is 0. The van der Waals surface area contributed by atoms with E-state index in [0.717, 1.165) is 0 Å². The molecule has 0 aromatic heterocycles. The second kappa shape index (κ2) is 2.75. The van der Waals surface area contributed by atoms with Crippen molar-refractivity contribution in [2.75, 3.05) is 0 Å². The van der Waals surface area contributed by atoms with Crippen molar-refractivity contribution in [3.8, 4) is 0 Å². The average molecular weight is 135 g/mol. The van der Waals surface area contributed by atoms with Crippen LogP contribution in [0.15, 0.2) is 0 Å². The van der Waals surface area contributed by atoms with Gasteiger partial charge in [0, 0.05) is 0 Å². The molecule has 0 saturated heterocycles. The molecule has 2 N–H and O–H groups in total. The molecule has 0 aromatic rings. The zero-order valence-corrected chi connectivity index (χ0v) is 5.07. The Morgan fingerprint density at radius 1 is 1.67 bits per heavy atom. The maximum Gasteiger partial charge on any atom is 0.437 e. The molecule has 0 spiro atoms. The standard InChI is InChI=1S/C4H9NO4/c1-2-3-4(6,7)5(8)9/h6-7H,2-3H2,1H3. The number of hydrogen-bond acceptors (Lipinski definition) is 4. The number of aliphatic hydroxyl groups is 2. The Hall–Kier alpha value is -0.680. The first kappa shape index (κ1) is 8.32. The van der Waals surface area contributed by atoms with Gasteiger partial charge in [-0.1, -0.05) is 6.92 Å². The van der Waals surface area contributed by atoms with Gasteiger partial charge in [-0.3, -0.25) is 10.1 Å². The van der Waals surface area contributed by atoms with E-state index in [0.29, 0.717) is 6.42 Å². The third-order valence-corrected chi connectivity index (χ3v) is 0.878. The SMILES string of the molecule is CCCC(O)(O)[N+](=O)[O-]. The van der Waals surface area contributed by atoms with Crippen LogP contribution in [0.2, 0.25) is 0 Å².